The number of hydrogen-bond acceptors (Lipinski definition) is 2. The lowest BCUT2D eigenvalue weighted by molar-refractivity contribution is 0.273. The predicted octanol–water partition coefficient (Wildman–Crippen LogP) is 2.14. The van der Waals surface area contributed by atoms with Gasteiger partial charge >= 0.3 is 0 Å². The van der Waals surface area contributed by atoms with E-state index in [1.807, 2.05) is 12.1 Å². The number of fused-ring (bicyclic) bond motifs is 1. The van der Waals surface area contributed by atoms with E-state index in [4.69, 9.17) is 16.3 Å². The van der Waals surface area contributed by atoms with Crippen LogP contribution in [-0.4, -0.2) is 11.6 Å². The molecule has 0 bridgehead atoms. The molecule has 0 aliphatic carbocycles. The number of ether oxygens (including phenoxy) is 1. The standard InChI is InChI=1S/C8H8ClNO/c9-7-3-5-11-8-6(7)2-1-4-10-8/h1-2,4,7H,3,5H2/t7-/m0/s1. The van der Waals surface area contributed by atoms with Crippen LogP contribution in [0.3, 0.4) is 0 Å². The minimum atomic E-state index is 0.0763. The Morgan fingerprint density at radius 3 is 3.36 bits per heavy atom. The maximum atomic E-state index is 6.03. The normalized spacial score (nSPS) is 22.1. The van der Waals surface area contributed by atoms with Crippen LogP contribution in [0.5, 0.6) is 5.88 Å². The van der Waals surface area contributed by atoms with E-state index < -0.39 is 0 Å². The van der Waals surface area contributed by atoms with E-state index in [0.717, 1.165) is 12.0 Å². The van der Waals surface area contributed by atoms with E-state index in [0.29, 0.717) is 12.5 Å². The maximum absolute atomic E-state index is 6.03. The summed E-state index contributed by atoms with van der Waals surface area (Å²) in [5.41, 5.74) is 1.01. The summed E-state index contributed by atoms with van der Waals surface area (Å²) >= 11 is 6.03. The lowest BCUT2D eigenvalue weighted by Gasteiger charge is -2.19. The largest absolute Gasteiger partial charge is 0.477 e. The van der Waals surface area contributed by atoms with Gasteiger partial charge in [0.25, 0.3) is 0 Å². The number of halogens is 1. The van der Waals surface area contributed by atoms with Gasteiger partial charge in [-0.3, -0.25) is 0 Å². The highest BCUT2D eigenvalue weighted by molar-refractivity contribution is 6.21. The van der Waals surface area contributed by atoms with Crippen LogP contribution in [0.2, 0.25) is 0 Å². The summed E-state index contributed by atoms with van der Waals surface area (Å²) in [5.74, 6) is 0.693. The number of aromatic nitrogens is 1. The average molecular weight is 170 g/mol. The van der Waals surface area contributed by atoms with Gasteiger partial charge in [-0.25, -0.2) is 4.98 Å². The second kappa shape index (κ2) is 2.70. The van der Waals surface area contributed by atoms with Crippen LogP contribution in [0.15, 0.2) is 18.3 Å². The van der Waals surface area contributed by atoms with Crippen LogP contribution in [-0.2, 0) is 0 Å². The van der Waals surface area contributed by atoms with E-state index in [9.17, 15) is 0 Å². The molecule has 0 spiro atoms. The van der Waals surface area contributed by atoms with E-state index in [1.165, 1.54) is 0 Å². The van der Waals surface area contributed by atoms with Crippen LogP contribution < -0.4 is 4.74 Å². The van der Waals surface area contributed by atoms with E-state index in [-0.39, 0.29) is 5.38 Å². The first-order chi connectivity index (χ1) is 5.38. The molecule has 58 valence electrons. The van der Waals surface area contributed by atoms with Crippen molar-refractivity contribution in [2.24, 2.45) is 0 Å². The quantitative estimate of drug-likeness (QED) is 0.556. The maximum Gasteiger partial charge on any atom is 0.218 e. The van der Waals surface area contributed by atoms with Crippen LogP contribution in [0.25, 0.3) is 0 Å². The van der Waals surface area contributed by atoms with Gasteiger partial charge in [-0.15, -0.1) is 11.6 Å². The summed E-state index contributed by atoms with van der Waals surface area (Å²) in [4.78, 5) is 4.06. The number of pyridine rings is 1. The summed E-state index contributed by atoms with van der Waals surface area (Å²) < 4.78 is 5.30. The summed E-state index contributed by atoms with van der Waals surface area (Å²) in [6.45, 7) is 0.679. The molecule has 2 rings (SSSR count). The Kier molecular flexibility index (Phi) is 1.70. The summed E-state index contributed by atoms with van der Waals surface area (Å²) in [5, 5.41) is 0.0763. The first-order valence-electron chi connectivity index (χ1n) is 3.60. The summed E-state index contributed by atoms with van der Waals surface area (Å²) in [7, 11) is 0. The molecule has 0 aromatic carbocycles. The van der Waals surface area contributed by atoms with Gasteiger partial charge in [0.2, 0.25) is 5.88 Å². The molecule has 1 aliphatic heterocycles. The van der Waals surface area contributed by atoms with Crippen LogP contribution in [0.1, 0.15) is 17.4 Å². The zero-order valence-electron chi connectivity index (χ0n) is 5.96. The molecule has 0 radical (unpaired) electrons. The van der Waals surface area contributed by atoms with Crippen molar-refractivity contribution < 1.29 is 4.74 Å². The molecule has 3 heteroatoms. The van der Waals surface area contributed by atoms with Gasteiger partial charge in [-0.2, -0.15) is 0 Å². The SMILES string of the molecule is Cl[C@H]1CCOc2ncccc21. The van der Waals surface area contributed by atoms with Crippen molar-refractivity contribution in [3.63, 3.8) is 0 Å². The first kappa shape index (κ1) is 6.92. The molecular weight excluding hydrogens is 162 g/mol. The molecule has 2 nitrogen and oxygen atoms in total. The van der Waals surface area contributed by atoms with Crippen molar-refractivity contribution >= 4 is 11.6 Å². The van der Waals surface area contributed by atoms with Gasteiger partial charge in [0.05, 0.1) is 12.0 Å². The smallest absolute Gasteiger partial charge is 0.218 e. The first-order valence-corrected chi connectivity index (χ1v) is 4.03. The lowest BCUT2D eigenvalue weighted by Crippen LogP contribution is -2.11. The van der Waals surface area contributed by atoms with Gasteiger partial charge in [0.1, 0.15) is 0 Å². The zero-order valence-corrected chi connectivity index (χ0v) is 6.71. The minimum Gasteiger partial charge on any atom is -0.477 e. The van der Waals surface area contributed by atoms with Gasteiger partial charge < -0.3 is 4.74 Å². The second-order valence-electron chi connectivity index (χ2n) is 2.50. The third-order valence-corrected chi connectivity index (χ3v) is 2.20. The topological polar surface area (TPSA) is 22.1 Å². The van der Waals surface area contributed by atoms with Gasteiger partial charge in [0, 0.05) is 18.2 Å². The molecule has 2 heterocycles. The molecule has 0 saturated heterocycles. The van der Waals surface area contributed by atoms with Gasteiger partial charge in [-0.1, -0.05) is 6.07 Å². The molecule has 11 heavy (non-hydrogen) atoms. The highest BCUT2D eigenvalue weighted by atomic mass is 35.5. The number of hydrogen-bond donors (Lipinski definition) is 0. The van der Waals surface area contributed by atoms with Gasteiger partial charge in [-0.05, 0) is 6.07 Å². The second-order valence-corrected chi connectivity index (χ2v) is 3.03. The van der Waals surface area contributed by atoms with Gasteiger partial charge in [0.15, 0.2) is 0 Å². The zero-order chi connectivity index (χ0) is 7.68. The van der Waals surface area contributed by atoms with Crippen molar-refractivity contribution in [1.29, 1.82) is 0 Å². The van der Waals surface area contributed by atoms with Crippen molar-refractivity contribution in [1.82, 2.24) is 4.98 Å². The molecule has 0 fully saturated rings. The van der Waals surface area contributed by atoms with Crippen molar-refractivity contribution in [3.05, 3.63) is 23.9 Å². The summed E-state index contributed by atoms with van der Waals surface area (Å²) in [6, 6.07) is 3.84. The van der Waals surface area contributed by atoms with Crippen molar-refractivity contribution in [2.75, 3.05) is 6.61 Å². The average Bonchev–Trinajstić information content (AvgIpc) is 2.06. The molecule has 0 N–H and O–H groups in total. The number of nitrogens with zero attached hydrogens (tertiary/aromatic N) is 1. The summed E-state index contributed by atoms with van der Waals surface area (Å²) in [6.07, 6.45) is 2.59. The third kappa shape index (κ3) is 1.18. The van der Waals surface area contributed by atoms with E-state index >= 15 is 0 Å². The Balaban J connectivity index is 2.44. The van der Waals surface area contributed by atoms with E-state index in [1.54, 1.807) is 6.20 Å². The molecular formula is C8H8ClNO. The molecule has 1 atom stereocenters. The fraction of sp³-hybridized carbons (Fsp3) is 0.375. The Hall–Kier alpha value is -0.760. The molecule has 0 saturated carbocycles. The van der Waals surface area contributed by atoms with Crippen molar-refractivity contribution in [3.8, 4) is 5.88 Å². The fourth-order valence-electron chi connectivity index (χ4n) is 1.18. The van der Waals surface area contributed by atoms with Crippen LogP contribution in [0.4, 0.5) is 0 Å². The molecule has 1 aromatic rings. The highest BCUT2D eigenvalue weighted by Gasteiger charge is 2.19. The van der Waals surface area contributed by atoms with Crippen LogP contribution >= 0.6 is 11.6 Å². The Morgan fingerprint density at radius 1 is 1.64 bits per heavy atom. The molecule has 0 amide bonds. The monoisotopic (exact) mass is 169 g/mol. The molecule has 1 aromatic heterocycles. The Bertz CT molecular complexity index is 264. The minimum absolute atomic E-state index is 0.0763. The number of alkyl halides is 1. The lowest BCUT2D eigenvalue weighted by atomic mass is 10.1. The number of rotatable bonds is 0. The molecule has 1 aliphatic rings. The highest BCUT2D eigenvalue weighted by Crippen LogP contribution is 2.33. The predicted molar refractivity (Wildman–Crippen MR) is 42.9 cm³/mol. The third-order valence-electron chi connectivity index (χ3n) is 1.75. The van der Waals surface area contributed by atoms with Crippen molar-refractivity contribution in [2.45, 2.75) is 11.8 Å². The fourth-order valence-corrected chi connectivity index (χ4v) is 1.43. The Morgan fingerprint density at radius 2 is 2.55 bits per heavy atom. The van der Waals surface area contributed by atoms with Crippen LogP contribution in [0, 0.1) is 0 Å². The van der Waals surface area contributed by atoms with E-state index in [2.05, 4.69) is 4.98 Å². The molecule has 0 unspecified atom stereocenters. The Labute approximate surface area is 70.2 Å².